The van der Waals surface area contributed by atoms with Crippen LogP contribution in [0.4, 0.5) is 5.82 Å². The quantitative estimate of drug-likeness (QED) is 0.718. The van der Waals surface area contributed by atoms with Crippen LogP contribution in [0.5, 0.6) is 11.5 Å². The van der Waals surface area contributed by atoms with E-state index in [1.165, 1.54) is 0 Å². The second kappa shape index (κ2) is 6.12. The third-order valence-electron chi connectivity index (χ3n) is 3.67. The fraction of sp³-hybridized carbons (Fsp3) is 0.312. The summed E-state index contributed by atoms with van der Waals surface area (Å²) >= 11 is 0. The number of anilines is 1. The lowest BCUT2D eigenvalue weighted by molar-refractivity contribution is 0.393. The second-order valence-corrected chi connectivity index (χ2v) is 5.27. The Balaban J connectivity index is 1.93. The zero-order valence-corrected chi connectivity index (χ0v) is 13.6. The van der Waals surface area contributed by atoms with Gasteiger partial charge in [-0.2, -0.15) is 0 Å². The first-order valence-corrected chi connectivity index (χ1v) is 7.22. The molecule has 2 aromatic heterocycles. The molecule has 3 rings (SSSR count). The van der Waals surface area contributed by atoms with Crippen molar-refractivity contribution in [2.24, 2.45) is 0 Å². The molecule has 0 aliphatic rings. The van der Waals surface area contributed by atoms with Crippen molar-refractivity contribution >= 4 is 11.5 Å². The molecule has 0 amide bonds. The highest BCUT2D eigenvalue weighted by Gasteiger charge is 2.13. The van der Waals surface area contributed by atoms with Gasteiger partial charge in [-0.3, -0.25) is 4.40 Å². The molecule has 0 unspecified atom stereocenters. The summed E-state index contributed by atoms with van der Waals surface area (Å²) in [5.41, 5.74) is 1.80. The predicted octanol–water partition coefficient (Wildman–Crippen LogP) is 2.09. The SMILES string of the molecule is COc1cc(CN(C)c2nccn3c(C)nnc23)cc(OC)c1. The summed E-state index contributed by atoms with van der Waals surface area (Å²) in [5, 5.41) is 8.31. The van der Waals surface area contributed by atoms with E-state index >= 15 is 0 Å². The average Bonchev–Trinajstić information content (AvgIpc) is 2.95. The number of hydrogen-bond donors (Lipinski definition) is 0. The number of nitrogens with zero attached hydrogens (tertiary/aromatic N) is 5. The fourth-order valence-corrected chi connectivity index (χ4v) is 2.50. The molecule has 0 radical (unpaired) electrons. The van der Waals surface area contributed by atoms with Crippen LogP contribution in [-0.2, 0) is 6.54 Å². The topological polar surface area (TPSA) is 64.8 Å². The summed E-state index contributed by atoms with van der Waals surface area (Å²) in [4.78, 5) is 6.47. The molecule has 0 N–H and O–H groups in total. The normalized spacial score (nSPS) is 10.8. The van der Waals surface area contributed by atoms with Gasteiger partial charge in [0.25, 0.3) is 0 Å². The number of methoxy groups -OCH3 is 2. The van der Waals surface area contributed by atoms with Crippen molar-refractivity contribution in [2.45, 2.75) is 13.5 Å². The standard InChI is InChI=1S/C16H19N5O2/c1-11-18-19-16-15(17-5-6-21(11)16)20(2)10-12-7-13(22-3)9-14(8-12)23-4/h5-9H,10H2,1-4H3. The zero-order chi connectivity index (χ0) is 16.4. The number of hydrogen-bond acceptors (Lipinski definition) is 6. The molecule has 1 aromatic carbocycles. The van der Waals surface area contributed by atoms with Crippen LogP contribution in [0.3, 0.4) is 0 Å². The molecule has 0 aliphatic carbocycles. The molecule has 0 saturated carbocycles. The van der Waals surface area contributed by atoms with Crippen LogP contribution in [0, 0.1) is 6.92 Å². The van der Waals surface area contributed by atoms with Gasteiger partial charge in [-0.05, 0) is 24.6 Å². The maximum Gasteiger partial charge on any atom is 0.203 e. The largest absolute Gasteiger partial charge is 0.497 e. The fourth-order valence-electron chi connectivity index (χ4n) is 2.50. The smallest absolute Gasteiger partial charge is 0.203 e. The Bertz CT molecular complexity index is 808. The summed E-state index contributed by atoms with van der Waals surface area (Å²) in [6.07, 6.45) is 3.61. The Hall–Kier alpha value is -2.83. The first kappa shape index (κ1) is 15.1. The lowest BCUT2D eigenvalue weighted by Crippen LogP contribution is -2.19. The molecule has 2 heterocycles. The molecule has 0 aliphatic heterocycles. The van der Waals surface area contributed by atoms with E-state index in [2.05, 4.69) is 15.2 Å². The number of ether oxygens (including phenoxy) is 2. The molecule has 0 fully saturated rings. The number of benzene rings is 1. The van der Waals surface area contributed by atoms with E-state index in [-0.39, 0.29) is 0 Å². The van der Waals surface area contributed by atoms with Crippen molar-refractivity contribution in [3.05, 3.63) is 42.0 Å². The van der Waals surface area contributed by atoms with Crippen LogP contribution in [0.2, 0.25) is 0 Å². The monoisotopic (exact) mass is 313 g/mol. The van der Waals surface area contributed by atoms with Crippen LogP contribution >= 0.6 is 0 Å². The third-order valence-corrected chi connectivity index (χ3v) is 3.67. The molecule has 0 spiro atoms. The Morgan fingerprint density at radius 3 is 2.43 bits per heavy atom. The van der Waals surface area contributed by atoms with Crippen molar-refractivity contribution < 1.29 is 9.47 Å². The second-order valence-electron chi connectivity index (χ2n) is 5.27. The average molecular weight is 313 g/mol. The number of aryl methyl sites for hydroxylation is 1. The Kier molecular flexibility index (Phi) is 4.01. The van der Waals surface area contributed by atoms with Crippen molar-refractivity contribution in [3.8, 4) is 11.5 Å². The highest BCUT2D eigenvalue weighted by Crippen LogP contribution is 2.25. The highest BCUT2D eigenvalue weighted by molar-refractivity contribution is 5.63. The summed E-state index contributed by atoms with van der Waals surface area (Å²) in [5.74, 6) is 3.13. The van der Waals surface area contributed by atoms with Gasteiger partial charge in [-0.15, -0.1) is 10.2 Å². The molecule has 0 atom stereocenters. The minimum absolute atomic E-state index is 0.645. The molecule has 23 heavy (non-hydrogen) atoms. The number of aromatic nitrogens is 4. The van der Waals surface area contributed by atoms with E-state index in [9.17, 15) is 0 Å². The van der Waals surface area contributed by atoms with Gasteiger partial charge >= 0.3 is 0 Å². The molecular weight excluding hydrogens is 294 g/mol. The summed E-state index contributed by atoms with van der Waals surface area (Å²) in [6, 6.07) is 5.81. The maximum atomic E-state index is 5.32. The summed E-state index contributed by atoms with van der Waals surface area (Å²) in [6.45, 7) is 2.56. The van der Waals surface area contributed by atoms with Crippen LogP contribution in [-0.4, -0.2) is 40.8 Å². The highest BCUT2D eigenvalue weighted by atomic mass is 16.5. The molecule has 0 bridgehead atoms. The molecule has 0 saturated heterocycles. The van der Waals surface area contributed by atoms with Crippen LogP contribution in [0.25, 0.3) is 5.65 Å². The van der Waals surface area contributed by atoms with Gasteiger partial charge in [0.15, 0.2) is 5.82 Å². The van der Waals surface area contributed by atoms with E-state index in [4.69, 9.17) is 9.47 Å². The van der Waals surface area contributed by atoms with Gasteiger partial charge in [0.05, 0.1) is 14.2 Å². The van der Waals surface area contributed by atoms with Crippen molar-refractivity contribution in [3.63, 3.8) is 0 Å². The number of fused-ring (bicyclic) bond motifs is 1. The minimum atomic E-state index is 0.645. The predicted molar refractivity (Wildman–Crippen MR) is 87.2 cm³/mol. The maximum absolute atomic E-state index is 5.32. The van der Waals surface area contributed by atoms with Crippen molar-refractivity contribution in [1.29, 1.82) is 0 Å². The molecule has 7 heteroatoms. The first-order chi connectivity index (χ1) is 11.1. The van der Waals surface area contributed by atoms with Crippen LogP contribution in [0.15, 0.2) is 30.6 Å². The Morgan fingerprint density at radius 2 is 1.78 bits per heavy atom. The molecular formula is C16H19N5O2. The van der Waals surface area contributed by atoms with Crippen LogP contribution < -0.4 is 14.4 Å². The van der Waals surface area contributed by atoms with Gasteiger partial charge in [0.1, 0.15) is 17.3 Å². The Morgan fingerprint density at radius 1 is 1.09 bits per heavy atom. The Labute approximate surface area is 134 Å². The van der Waals surface area contributed by atoms with E-state index in [1.807, 2.05) is 47.7 Å². The number of rotatable bonds is 5. The lowest BCUT2D eigenvalue weighted by Gasteiger charge is -2.19. The summed E-state index contributed by atoms with van der Waals surface area (Å²) in [7, 11) is 5.26. The van der Waals surface area contributed by atoms with Gasteiger partial charge < -0.3 is 14.4 Å². The van der Waals surface area contributed by atoms with E-state index in [0.717, 1.165) is 34.4 Å². The molecule has 7 nitrogen and oxygen atoms in total. The van der Waals surface area contributed by atoms with Gasteiger partial charge in [-0.25, -0.2) is 4.98 Å². The van der Waals surface area contributed by atoms with Crippen molar-refractivity contribution in [2.75, 3.05) is 26.2 Å². The first-order valence-electron chi connectivity index (χ1n) is 7.22. The van der Waals surface area contributed by atoms with Crippen LogP contribution in [0.1, 0.15) is 11.4 Å². The third kappa shape index (κ3) is 2.90. The van der Waals surface area contributed by atoms with E-state index in [0.29, 0.717) is 6.54 Å². The van der Waals surface area contributed by atoms with E-state index in [1.54, 1.807) is 20.4 Å². The van der Waals surface area contributed by atoms with Gasteiger partial charge in [0.2, 0.25) is 5.65 Å². The molecule has 3 aromatic rings. The molecule has 120 valence electrons. The van der Waals surface area contributed by atoms with Crippen molar-refractivity contribution in [1.82, 2.24) is 19.6 Å². The lowest BCUT2D eigenvalue weighted by atomic mass is 10.2. The zero-order valence-electron chi connectivity index (χ0n) is 13.6. The van der Waals surface area contributed by atoms with Gasteiger partial charge in [-0.1, -0.05) is 0 Å². The minimum Gasteiger partial charge on any atom is -0.497 e. The van der Waals surface area contributed by atoms with E-state index < -0.39 is 0 Å². The van der Waals surface area contributed by atoms with Gasteiger partial charge in [0, 0.05) is 32.1 Å². The summed E-state index contributed by atoms with van der Waals surface area (Å²) < 4.78 is 12.6.